The van der Waals surface area contributed by atoms with Crippen LogP contribution in [0.4, 0.5) is 23.2 Å². The second kappa shape index (κ2) is 8.53. The largest absolute Gasteiger partial charge is 0.288 e. The maximum atomic E-state index is 15.1. The minimum absolute atomic E-state index is 0.0640. The lowest BCUT2D eigenvalue weighted by molar-refractivity contribution is 0.103. The van der Waals surface area contributed by atoms with Crippen LogP contribution in [-0.4, -0.2) is 24.2 Å². The zero-order chi connectivity index (χ0) is 24.6. The molecule has 0 bridgehead atoms. The lowest BCUT2D eigenvalue weighted by Crippen LogP contribution is -2.17. The van der Waals surface area contributed by atoms with Crippen LogP contribution in [0.5, 0.6) is 0 Å². The van der Waals surface area contributed by atoms with E-state index in [-0.39, 0.29) is 28.4 Å². The van der Waals surface area contributed by atoms with E-state index in [0.717, 1.165) is 30.3 Å². The number of carbonyl (C=O) groups is 1. The first kappa shape index (κ1) is 22.8. The Morgan fingerprint density at radius 2 is 1.74 bits per heavy atom. The molecule has 7 nitrogen and oxygen atoms in total. The molecule has 0 aliphatic rings. The van der Waals surface area contributed by atoms with Crippen molar-refractivity contribution in [1.29, 1.82) is 5.26 Å². The lowest BCUT2D eigenvalue weighted by atomic mass is 10.0. The number of benzene rings is 3. The van der Waals surface area contributed by atoms with E-state index in [0.29, 0.717) is 6.07 Å². The van der Waals surface area contributed by atoms with E-state index in [4.69, 9.17) is 5.26 Å². The second-order valence-corrected chi connectivity index (χ2v) is 8.55. The van der Waals surface area contributed by atoms with E-state index in [1.54, 1.807) is 10.8 Å². The summed E-state index contributed by atoms with van der Waals surface area (Å²) < 4.78 is 83.9. The van der Waals surface area contributed by atoms with Gasteiger partial charge in [0, 0.05) is 11.6 Å². The third kappa shape index (κ3) is 4.16. The van der Waals surface area contributed by atoms with Gasteiger partial charge in [-0.1, -0.05) is 6.07 Å². The van der Waals surface area contributed by atoms with Gasteiger partial charge in [-0.2, -0.15) is 5.26 Å². The third-order valence-electron chi connectivity index (χ3n) is 4.65. The highest BCUT2D eigenvalue weighted by Crippen LogP contribution is 2.29. The van der Waals surface area contributed by atoms with Crippen molar-refractivity contribution >= 4 is 32.5 Å². The van der Waals surface area contributed by atoms with E-state index in [9.17, 15) is 26.4 Å². The normalized spacial score (nSPS) is 11.3. The van der Waals surface area contributed by atoms with Crippen LogP contribution in [-0.2, 0) is 10.0 Å². The molecule has 1 N–H and O–H groups in total. The molecular weight excluding hydrogens is 476 g/mol. The van der Waals surface area contributed by atoms with Crippen LogP contribution in [0.2, 0.25) is 0 Å². The number of hydrogen-bond acceptors (Lipinski definition) is 6. The number of sulfonamides is 1. The molecular formula is C22H10F4N4O3S. The van der Waals surface area contributed by atoms with Gasteiger partial charge in [0.05, 0.1) is 33.4 Å². The fourth-order valence-corrected chi connectivity index (χ4v) is 4.15. The SMILES string of the molecule is N#Cc1cnc2ccc(C(=O)c3c(F)c(F)cc(NS(=O)(=O)c4cccc(F)c4)c3F)cc2n1. The molecule has 0 aliphatic carbocycles. The molecule has 0 amide bonds. The summed E-state index contributed by atoms with van der Waals surface area (Å²) in [4.78, 5) is 20.2. The van der Waals surface area contributed by atoms with Gasteiger partial charge >= 0.3 is 0 Å². The van der Waals surface area contributed by atoms with Crippen molar-refractivity contribution < 1.29 is 30.8 Å². The summed E-state index contributed by atoms with van der Waals surface area (Å²) in [6, 6.07) is 9.24. The molecule has 1 aromatic heterocycles. The van der Waals surface area contributed by atoms with Crippen LogP contribution in [0.1, 0.15) is 21.6 Å². The first-order valence-corrected chi connectivity index (χ1v) is 10.8. The summed E-state index contributed by atoms with van der Waals surface area (Å²) in [5, 5.41) is 8.94. The summed E-state index contributed by atoms with van der Waals surface area (Å²) in [6.07, 6.45) is 1.19. The van der Waals surface area contributed by atoms with Gasteiger partial charge in [0.25, 0.3) is 10.0 Å². The molecule has 0 radical (unpaired) electrons. The number of carbonyl (C=O) groups excluding carboxylic acids is 1. The van der Waals surface area contributed by atoms with E-state index in [1.165, 1.54) is 12.3 Å². The molecule has 0 unspecified atom stereocenters. The number of nitrogens with one attached hydrogen (secondary N) is 1. The van der Waals surface area contributed by atoms with Crippen molar-refractivity contribution in [3.63, 3.8) is 0 Å². The average molecular weight is 486 g/mol. The third-order valence-corrected chi connectivity index (χ3v) is 6.02. The van der Waals surface area contributed by atoms with Crippen molar-refractivity contribution in [2.24, 2.45) is 0 Å². The quantitative estimate of drug-likeness (QED) is 0.258. The standard InChI is InChI=1S/C22H10F4N4O3S/c23-12-2-1-3-14(7-12)34(32,33)30-18-8-15(24)20(25)19(21(18)26)22(31)11-4-5-16-17(6-11)29-13(9-27)10-28-16/h1-8,10,30H. The van der Waals surface area contributed by atoms with Crippen LogP contribution in [0.25, 0.3) is 11.0 Å². The van der Waals surface area contributed by atoms with Gasteiger partial charge in [0.2, 0.25) is 0 Å². The van der Waals surface area contributed by atoms with E-state index < -0.39 is 55.2 Å². The number of halogens is 4. The highest BCUT2D eigenvalue weighted by Gasteiger charge is 2.28. The molecule has 0 saturated carbocycles. The Kier molecular flexibility index (Phi) is 5.72. The minimum Gasteiger partial charge on any atom is -0.288 e. The molecule has 4 rings (SSSR count). The molecule has 0 spiro atoms. The first-order chi connectivity index (χ1) is 16.1. The van der Waals surface area contributed by atoms with Crippen molar-refractivity contribution in [2.75, 3.05) is 4.72 Å². The van der Waals surface area contributed by atoms with Crippen LogP contribution >= 0.6 is 0 Å². The molecule has 4 aromatic rings. The first-order valence-electron chi connectivity index (χ1n) is 9.28. The predicted molar refractivity (Wildman–Crippen MR) is 111 cm³/mol. The Balaban J connectivity index is 1.79. The summed E-state index contributed by atoms with van der Waals surface area (Å²) >= 11 is 0. The molecule has 34 heavy (non-hydrogen) atoms. The van der Waals surface area contributed by atoms with E-state index in [2.05, 4.69) is 9.97 Å². The number of hydrogen-bond donors (Lipinski definition) is 1. The number of nitriles is 1. The fourth-order valence-electron chi connectivity index (χ4n) is 3.07. The zero-order valence-corrected chi connectivity index (χ0v) is 17.5. The molecule has 3 aromatic carbocycles. The number of fused-ring (bicyclic) bond motifs is 1. The van der Waals surface area contributed by atoms with Gasteiger partial charge in [0.1, 0.15) is 11.9 Å². The smallest absolute Gasteiger partial charge is 0.262 e. The Hall–Kier alpha value is -4.37. The van der Waals surface area contributed by atoms with Gasteiger partial charge < -0.3 is 0 Å². The Morgan fingerprint density at radius 3 is 2.44 bits per heavy atom. The molecule has 0 saturated heterocycles. The summed E-state index contributed by atoms with van der Waals surface area (Å²) in [6.45, 7) is 0. The van der Waals surface area contributed by atoms with Crippen LogP contribution < -0.4 is 4.72 Å². The second-order valence-electron chi connectivity index (χ2n) is 6.87. The summed E-state index contributed by atoms with van der Waals surface area (Å²) in [7, 11) is -4.61. The van der Waals surface area contributed by atoms with Gasteiger partial charge in [-0.3, -0.25) is 14.5 Å². The molecule has 1 heterocycles. The van der Waals surface area contributed by atoms with Gasteiger partial charge in [-0.25, -0.2) is 31.0 Å². The zero-order valence-electron chi connectivity index (χ0n) is 16.7. The van der Waals surface area contributed by atoms with Crippen LogP contribution in [0, 0.1) is 34.6 Å². The minimum atomic E-state index is -4.61. The van der Waals surface area contributed by atoms with Gasteiger partial charge in [0.15, 0.2) is 28.9 Å². The highest BCUT2D eigenvalue weighted by molar-refractivity contribution is 7.92. The number of ketones is 1. The van der Waals surface area contributed by atoms with Gasteiger partial charge in [-0.15, -0.1) is 0 Å². The predicted octanol–water partition coefficient (Wildman–Crippen LogP) is 4.09. The summed E-state index contributed by atoms with van der Waals surface area (Å²) in [5.74, 6) is -7.43. The monoisotopic (exact) mass is 486 g/mol. The number of anilines is 1. The van der Waals surface area contributed by atoms with Crippen LogP contribution in [0.3, 0.4) is 0 Å². The maximum Gasteiger partial charge on any atom is 0.262 e. The number of nitrogens with zero attached hydrogens (tertiary/aromatic N) is 3. The van der Waals surface area contributed by atoms with Crippen molar-refractivity contribution in [3.8, 4) is 6.07 Å². The number of rotatable bonds is 5. The number of aromatic nitrogens is 2. The maximum absolute atomic E-state index is 15.1. The van der Waals surface area contributed by atoms with Crippen molar-refractivity contribution in [1.82, 2.24) is 9.97 Å². The van der Waals surface area contributed by atoms with Crippen molar-refractivity contribution in [3.05, 3.63) is 94.8 Å². The van der Waals surface area contributed by atoms with E-state index in [1.807, 2.05) is 0 Å². The van der Waals surface area contributed by atoms with Gasteiger partial charge in [-0.05, 0) is 36.4 Å². The average Bonchev–Trinajstić information content (AvgIpc) is 2.81. The highest BCUT2D eigenvalue weighted by atomic mass is 32.2. The Morgan fingerprint density at radius 1 is 0.971 bits per heavy atom. The fraction of sp³-hybridized carbons (Fsp3) is 0. The topological polar surface area (TPSA) is 113 Å². The molecule has 0 aliphatic heterocycles. The molecule has 170 valence electrons. The Bertz CT molecular complexity index is 1640. The van der Waals surface area contributed by atoms with E-state index >= 15 is 4.39 Å². The van der Waals surface area contributed by atoms with Crippen molar-refractivity contribution in [2.45, 2.75) is 4.90 Å². The summed E-state index contributed by atoms with van der Waals surface area (Å²) in [5.41, 5.74) is -2.47. The Labute approximate surface area is 189 Å². The molecule has 0 fully saturated rings. The van der Waals surface area contributed by atoms with Crippen LogP contribution in [0.15, 0.2) is 59.6 Å². The molecule has 12 heteroatoms. The molecule has 0 atom stereocenters. The lowest BCUT2D eigenvalue weighted by Gasteiger charge is -2.13.